The van der Waals surface area contributed by atoms with Gasteiger partial charge in [0, 0.05) is 55.3 Å². The minimum absolute atomic E-state index is 0.0255. The molecule has 2 N–H and O–H groups in total. The number of carbonyl (C=O) groups is 1. The molecule has 2 atom stereocenters. The lowest BCUT2D eigenvalue weighted by Gasteiger charge is -2.56. The van der Waals surface area contributed by atoms with E-state index in [0.717, 1.165) is 5.56 Å². The lowest BCUT2D eigenvalue weighted by atomic mass is 9.58. The summed E-state index contributed by atoms with van der Waals surface area (Å²) < 4.78 is 5.69. The van der Waals surface area contributed by atoms with Crippen LogP contribution < -0.4 is 0 Å². The van der Waals surface area contributed by atoms with Crippen molar-refractivity contribution in [2.45, 2.75) is 31.5 Å². The third-order valence-corrected chi connectivity index (χ3v) is 5.95. The molecule has 3 heterocycles. The van der Waals surface area contributed by atoms with E-state index in [0.29, 0.717) is 43.7 Å². The largest absolute Gasteiger partial charge is 0.394 e. The van der Waals surface area contributed by atoms with E-state index in [4.69, 9.17) is 9.84 Å². The van der Waals surface area contributed by atoms with Gasteiger partial charge in [0.15, 0.2) is 5.82 Å². The zero-order chi connectivity index (χ0) is 19.6. The maximum Gasteiger partial charge on any atom is 0.256 e. The first-order chi connectivity index (χ1) is 13.6. The molecule has 1 saturated heterocycles. The molecule has 1 aliphatic carbocycles. The van der Waals surface area contributed by atoms with Gasteiger partial charge in [-0.05, 0) is 25.0 Å². The van der Waals surface area contributed by atoms with Gasteiger partial charge in [0.2, 0.25) is 0 Å². The number of carbonyl (C=O) groups excluding carboxylic acids is 1. The van der Waals surface area contributed by atoms with E-state index in [1.807, 2.05) is 12.1 Å². The first-order valence-corrected chi connectivity index (χ1v) is 9.56. The highest BCUT2D eigenvalue weighted by Crippen LogP contribution is 2.51. The third-order valence-electron chi connectivity index (χ3n) is 5.95. The average molecular weight is 384 g/mol. The quantitative estimate of drug-likeness (QED) is 0.788. The monoisotopic (exact) mass is 384 g/mol. The molecular formula is C20H24N4O4. The molecule has 2 aliphatic rings. The fourth-order valence-electron chi connectivity index (χ4n) is 4.20. The van der Waals surface area contributed by atoms with Gasteiger partial charge in [-0.3, -0.25) is 9.78 Å². The Bertz CT molecular complexity index is 807. The van der Waals surface area contributed by atoms with Gasteiger partial charge in [0.1, 0.15) is 0 Å². The molecule has 1 spiro atoms. The summed E-state index contributed by atoms with van der Waals surface area (Å²) in [7, 11) is 0. The highest BCUT2D eigenvalue weighted by molar-refractivity contribution is 5.93. The predicted octanol–water partition coefficient (Wildman–Crippen LogP) is 0.903. The molecule has 8 nitrogen and oxygen atoms in total. The smallest absolute Gasteiger partial charge is 0.256 e. The second-order valence-corrected chi connectivity index (χ2v) is 7.40. The Labute approximate surface area is 163 Å². The maximum atomic E-state index is 12.8. The van der Waals surface area contributed by atoms with E-state index in [1.165, 1.54) is 0 Å². The summed E-state index contributed by atoms with van der Waals surface area (Å²) in [5.41, 5.74) is 0.951. The number of nitrogens with zero attached hydrogens (tertiary/aromatic N) is 4. The summed E-state index contributed by atoms with van der Waals surface area (Å²) in [6, 6.07) is 3.68. The van der Waals surface area contributed by atoms with E-state index in [1.54, 1.807) is 29.7 Å². The number of aromatic nitrogens is 3. The van der Waals surface area contributed by atoms with Crippen LogP contribution >= 0.6 is 0 Å². The van der Waals surface area contributed by atoms with Crippen LogP contribution in [0, 0.1) is 5.41 Å². The Morgan fingerprint density at radius 3 is 2.61 bits per heavy atom. The Morgan fingerprint density at radius 2 is 2.00 bits per heavy atom. The van der Waals surface area contributed by atoms with E-state index >= 15 is 0 Å². The molecular weight excluding hydrogens is 360 g/mol. The number of ether oxygens (including phenoxy) is 1. The van der Waals surface area contributed by atoms with Crippen LogP contribution in [0.1, 0.15) is 29.6 Å². The van der Waals surface area contributed by atoms with E-state index in [2.05, 4.69) is 15.0 Å². The number of aliphatic hydroxyl groups is 2. The van der Waals surface area contributed by atoms with Gasteiger partial charge in [-0.25, -0.2) is 9.97 Å². The van der Waals surface area contributed by atoms with Crippen LogP contribution in [0.15, 0.2) is 36.9 Å². The van der Waals surface area contributed by atoms with Crippen LogP contribution in [0.3, 0.4) is 0 Å². The van der Waals surface area contributed by atoms with Crippen LogP contribution in [-0.2, 0) is 4.74 Å². The fourth-order valence-corrected chi connectivity index (χ4v) is 4.20. The van der Waals surface area contributed by atoms with Crippen LogP contribution in [0.4, 0.5) is 0 Å². The second kappa shape index (κ2) is 7.90. The van der Waals surface area contributed by atoms with Gasteiger partial charge in [-0.2, -0.15) is 0 Å². The summed E-state index contributed by atoms with van der Waals surface area (Å²) in [6.07, 6.45) is 7.97. The number of hydrogen-bond donors (Lipinski definition) is 2. The third kappa shape index (κ3) is 3.39. The van der Waals surface area contributed by atoms with Crippen molar-refractivity contribution < 1.29 is 19.7 Å². The highest BCUT2D eigenvalue weighted by Gasteiger charge is 2.56. The predicted molar refractivity (Wildman–Crippen MR) is 100 cm³/mol. The molecule has 8 heteroatoms. The van der Waals surface area contributed by atoms with Crippen LogP contribution in [-0.4, -0.2) is 74.5 Å². The van der Waals surface area contributed by atoms with E-state index < -0.39 is 6.10 Å². The minimum Gasteiger partial charge on any atom is -0.394 e. The van der Waals surface area contributed by atoms with Crippen LogP contribution in [0.2, 0.25) is 0 Å². The van der Waals surface area contributed by atoms with Gasteiger partial charge in [0.25, 0.3) is 5.91 Å². The lowest BCUT2D eigenvalue weighted by Crippen LogP contribution is -2.62. The fraction of sp³-hybridized carbons (Fsp3) is 0.500. The van der Waals surface area contributed by atoms with Crippen molar-refractivity contribution in [2.75, 3.05) is 26.3 Å². The first-order valence-electron chi connectivity index (χ1n) is 9.56. The number of amides is 1. The van der Waals surface area contributed by atoms with Crippen LogP contribution in [0.5, 0.6) is 0 Å². The van der Waals surface area contributed by atoms with E-state index in [9.17, 15) is 9.90 Å². The van der Waals surface area contributed by atoms with Crippen molar-refractivity contribution >= 4 is 5.91 Å². The normalized spacial score (nSPS) is 23.4. The number of piperidine rings is 1. The van der Waals surface area contributed by atoms with Crippen molar-refractivity contribution in [3.05, 3.63) is 42.5 Å². The van der Waals surface area contributed by atoms with Gasteiger partial charge >= 0.3 is 0 Å². The topological polar surface area (TPSA) is 109 Å². The molecule has 0 aromatic carbocycles. The molecule has 4 rings (SSSR count). The summed E-state index contributed by atoms with van der Waals surface area (Å²) in [5, 5.41) is 19.3. The second-order valence-electron chi connectivity index (χ2n) is 7.40. The molecule has 1 saturated carbocycles. The molecule has 2 aromatic rings. The van der Waals surface area contributed by atoms with Crippen molar-refractivity contribution in [3.8, 4) is 11.4 Å². The number of rotatable bonds is 5. The molecule has 148 valence electrons. The van der Waals surface area contributed by atoms with E-state index in [-0.39, 0.29) is 30.6 Å². The summed E-state index contributed by atoms with van der Waals surface area (Å²) >= 11 is 0. The van der Waals surface area contributed by atoms with Crippen LogP contribution in [0.25, 0.3) is 11.4 Å². The number of aliphatic hydroxyl groups excluding tert-OH is 2. The number of hydrogen-bond acceptors (Lipinski definition) is 7. The summed E-state index contributed by atoms with van der Waals surface area (Å²) in [4.78, 5) is 27.2. The molecule has 0 bridgehead atoms. The highest BCUT2D eigenvalue weighted by atomic mass is 16.5. The maximum absolute atomic E-state index is 12.8. The number of pyridine rings is 1. The Hall–Kier alpha value is -2.42. The Kier molecular flexibility index (Phi) is 5.34. The number of likely N-dealkylation sites (tertiary alicyclic amines) is 1. The standard InChI is InChI=1S/C20H24N4O4/c25-8-9-28-17-10-16(26)20(17)3-6-24(7-4-20)19(27)15-12-22-18(23-13-15)14-2-1-5-21-11-14/h1-2,5,11-13,16-17,25-26H,3-4,6-10H2/t16-,17+/m1/s1. The zero-order valence-electron chi connectivity index (χ0n) is 15.6. The SMILES string of the molecule is O=C(c1cnc(-c2cccnc2)nc1)N1CCC2(CC1)[C@H](O)C[C@@H]2OCCO. The van der Waals surface area contributed by atoms with Crippen molar-refractivity contribution in [2.24, 2.45) is 5.41 Å². The van der Waals surface area contributed by atoms with Gasteiger partial charge in [-0.15, -0.1) is 0 Å². The van der Waals surface area contributed by atoms with Crippen molar-refractivity contribution in [3.63, 3.8) is 0 Å². The van der Waals surface area contributed by atoms with Crippen molar-refractivity contribution in [1.82, 2.24) is 19.9 Å². The zero-order valence-corrected chi connectivity index (χ0v) is 15.6. The summed E-state index contributed by atoms with van der Waals surface area (Å²) in [5.74, 6) is 0.429. The first kappa shape index (κ1) is 18.9. The molecule has 0 unspecified atom stereocenters. The molecule has 1 aliphatic heterocycles. The molecule has 2 aromatic heterocycles. The van der Waals surface area contributed by atoms with Crippen molar-refractivity contribution in [1.29, 1.82) is 0 Å². The van der Waals surface area contributed by atoms with Gasteiger partial charge in [-0.1, -0.05) is 0 Å². The molecule has 28 heavy (non-hydrogen) atoms. The van der Waals surface area contributed by atoms with Gasteiger partial charge in [0.05, 0.1) is 31.0 Å². The molecule has 0 radical (unpaired) electrons. The minimum atomic E-state index is -0.407. The van der Waals surface area contributed by atoms with Gasteiger partial charge < -0.3 is 19.8 Å². The molecule has 2 fully saturated rings. The average Bonchev–Trinajstić information content (AvgIpc) is 2.77. The molecule has 1 amide bonds. The lowest BCUT2D eigenvalue weighted by molar-refractivity contribution is -0.211. The summed E-state index contributed by atoms with van der Waals surface area (Å²) in [6.45, 7) is 1.36. The Morgan fingerprint density at radius 1 is 1.25 bits per heavy atom. The Balaban J connectivity index is 1.39.